The molecule has 1 aliphatic rings. The molecule has 1 fully saturated rings. The molecule has 0 bridgehead atoms. The van der Waals surface area contributed by atoms with Crippen molar-refractivity contribution in [3.63, 3.8) is 0 Å². The predicted octanol–water partition coefficient (Wildman–Crippen LogP) is 0.496. The van der Waals surface area contributed by atoms with Crippen molar-refractivity contribution >= 4 is 11.7 Å². The third-order valence-corrected chi connectivity index (χ3v) is 2.02. The molecule has 4 nitrogen and oxygen atoms in total. The average molecular weight is 183 g/mol. The number of likely N-dealkylation sites (tertiary alicyclic amines) is 1. The molecule has 1 saturated heterocycles. The highest BCUT2D eigenvalue weighted by molar-refractivity contribution is 6.25. The van der Waals surface area contributed by atoms with Crippen molar-refractivity contribution in [2.75, 3.05) is 13.6 Å². The van der Waals surface area contributed by atoms with Gasteiger partial charge in [0, 0.05) is 13.0 Å². The topological polar surface area (TPSA) is 57.6 Å². The summed E-state index contributed by atoms with van der Waals surface area (Å²) in [5.41, 5.74) is -0.0440. The molecular weight excluding hydrogens is 170 g/mol. The summed E-state index contributed by atoms with van der Waals surface area (Å²) in [6.45, 7) is 3.55. The van der Waals surface area contributed by atoms with Crippen LogP contribution in [-0.2, 0) is 9.59 Å². The van der Waals surface area contributed by atoms with Gasteiger partial charge in [-0.25, -0.2) is 0 Å². The largest absolute Gasteiger partial charge is 0.511 e. The summed E-state index contributed by atoms with van der Waals surface area (Å²) in [4.78, 5) is 23.9. The smallest absolute Gasteiger partial charge is 0.261 e. The van der Waals surface area contributed by atoms with Crippen LogP contribution in [0.25, 0.3) is 0 Å². The number of amides is 1. The first-order chi connectivity index (χ1) is 5.95. The van der Waals surface area contributed by atoms with Crippen LogP contribution >= 0.6 is 0 Å². The fraction of sp³-hybridized carbons (Fsp3) is 0.556. The molecule has 0 aromatic carbocycles. The van der Waals surface area contributed by atoms with Crippen LogP contribution in [0.4, 0.5) is 0 Å². The summed E-state index contributed by atoms with van der Waals surface area (Å²) >= 11 is 0. The van der Waals surface area contributed by atoms with Crippen molar-refractivity contribution in [2.45, 2.75) is 13.8 Å². The first-order valence-electron chi connectivity index (χ1n) is 4.17. The molecule has 13 heavy (non-hydrogen) atoms. The number of Topliss-reactive ketones (excluding diaryl/α,β-unsaturated/α-hetero) is 1. The van der Waals surface area contributed by atoms with Gasteiger partial charge in [0.2, 0.25) is 0 Å². The van der Waals surface area contributed by atoms with Gasteiger partial charge < -0.3 is 10.0 Å². The number of likely N-dealkylation sites (N-methyl/N-ethyl adjacent to an activating group) is 1. The average Bonchev–Trinajstić information content (AvgIpc) is 2.26. The second kappa shape index (κ2) is 3.20. The third kappa shape index (κ3) is 1.56. The lowest BCUT2D eigenvalue weighted by atomic mass is 10.1. The van der Waals surface area contributed by atoms with E-state index in [1.54, 1.807) is 20.9 Å². The summed E-state index contributed by atoms with van der Waals surface area (Å²) in [5.74, 6) is -0.955. The fourth-order valence-electron chi connectivity index (χ4n) is 1.22. The van der Waals surface area contributed by atoms with E-state index in [-0.39, 0.29) is 35.5 Å². The van der Waals surface area contributed by atoms with E-state index < -0.39 is 0 Å². The number of nitrogens with zero attached hydrogens (tertiary/aromatic N) is 1. The van der Waals surface area contributed by atoms with Gasteiger partial charge in [0.05, 0.1) is 6.54 Å². The van der Waals surface area contributed by atoms with Crippen molar-refractivity contribution in [3.05, 3.63) is 11.3 Å². The molecule has 1 N–H and O–H groups in total. The van der Waals surface area contributed by atoms with Crippen LogP contribution in [0.5, 0.6) is 0 Å². The van der Waals surface area contributed by atoms with Gasteiger partial charge in [0.1, 0.15) is 11.3 Å². The monoisotopic (exact) mass is 183 g/mol. The minimum Gasteiger partial charge on any atom is -0.511 e. The van der Waals surface area contributed by atoms with Crippen molar-refractivity contribution in [1.82, 2.24) is 4.90 Å². The summed E-state index contributed by atoms with van der Waals surface area (Å²) in [6, 6.07) is 0. The summed E-state index contributed by atoms with van der Waals surface area (Å²) in [7, 11) is 1.54. The number of carbonyl (C=O) groups is 2. The molecule has 0 saturated carbocycles. The number of carbonyl (C=O) groups excluding carboxylic acids is 2. The SMILES string of the molecule is CC(C)C(O)=C1C(=O)CN(C)C1=O. The number of aliphatic hydroxyl groups excluding tert-OH is 1. The lowest BCUT2D eigenvalue weighted by molar-refractivity contribution is -0.123. The highest BCUT2D eigenvalue weighted by Crippen LogP contribution is 2.19. The van der Waals surface area contributed by atoms with Gasteiger partial charge in [0.15, 0.2) is 5.78 Å². The number of ketones is 1. The zero-order chi connectivity index (χ0) is 10.2. The standard InChI is InChI=1S/C9H13NO3/c1-5(2)8(12)7-6(11)4-10(3)9(7)13/h5,12H,4H2,1-3H3. The van der Waals surface area contributed by atoms with Crippen LogP contribution in [-0.4, -0.2) is 35.3 Å². The molecule has 0 spiro atoms. The Balaban J connectivity index is 3.11. The highest BCUT2D eigenvalue weighted by Gasteiger charge is 2.34. The Morgan fingerprint density at radius 2 is 2.00 bits per heavy atom. The molecule has 0 aromatic rings. The van der Waals surface area contributed by atoms with Crippen LogP contribution in [0.2, 0.25) is 0 Å². The molecular formula is C9H13NO3. The molecule has 4 heteroatoms. The van der Waals surface area contributed by atoms with Crippen molar-refractivity contribution in [3.8, 4) is 0 Å². The molecule has 1 amide bonds. The Bertz CT molecular complexity index is 291. The third-order valence-electron chi connectivity index (χ3n) is 2.02. The van der Waals surface area contributed by atoms with Crippen LogP contribution in [0, 0.1) is 5.92 Å². The Hall–Kier alpha value is -1.32. The molecule has 1 heterocycles. The molecule has 72 valence electrons. The van der Waals surface area contributed by atoms with E-state index in [4.69, 9.17) is 0 Å². The molecule has 1 rings (SSSR count). The van der Waals surface area contributed by atoms with Crippen LogP contribution < -0.4 is 0 Å². The fourth-order valence-corrected chi connectivity index (χ4v) is 1.22. The van der Waals surface area contributed by atoms with E-state index in [0.29, 0.717) is 0 Å². The van der Waals surface area contributed by atoms with Crippen molar-refractivity contribution < 1.29 is 14.7 Å². The normalized spacial score (nSPS) is 21.7. The van der Waals surface area contributed by atoms with Crippen molar-refractivity contribution in [2.24, 2.45) is 5.92 Å². The van der Waals surface area contributed by atoms with Crippen LogP contribution in [0.15, 0.2) is 11.3 Å². The number of hydrogen-bond acceptors (Lipinski definition) is 3. The van der Waals surface area contributed by atoms with Gasteiger partial charge in [-0.2, -0.15) is 0 Å². The van der Waals surface area contributed by atoms with E-state index in [2.05, 4.69) is 0 Å². The van der Waals surface area contributed by atoms with E-state index in [1.165, 1.54) is 4.90 Å². The Labute approximate surface area is 76.8 Å². The first kappa shape index (κ1) is 9.77. The van der Waals surface area contributed by atoms with E-state index in [0.717, 1.165) is 0 Å². The number of rotatable bonds is 1. The van der Waals surface area contributed by atoms with Crippen LogP contribution in [0.1, 0.15) is 13.8 Å². The quantitative estimate of drug-likeness (QED) is 0.366. The number of hydrogen-bond donors (Lipinski definition) is 1. The van der Waals surface area contributed by atoms with Gasteiger partial charge >= 0.3 is 0 Å². The van der Waals surface area contributed by atoms with E-state index >= 15 is 0 Å². The molecule has 1 aliphatic heterocycles. The molecule has 0 atom stereocenters. The second-order valence-electron chi connectivity index (χ2n) is 3.50. The van der Waals surface area contributed by atoms with Gasteiger partial charge in [-0.3, -0.25) is 9.59 Å². The molecule has 0 radical (unpaired) electrons. The Morgan fingerprint density at radius 1 is 1.46 bits per heavy atom. The second-order valence-corrected chi connectivity index (χ2v) is 3.50. The summed E-state index contributed by atoms with van der Waals surface area (Å²) < 4.78 is 0. The Kier molecular flexibility index (Phi) is 2.40. The maximum Gasteiger partial charge on any atom is 0.261 e. The number of allylic oxidation sites excluding steroid dienone is 1. The van der Waals surface area contributed by atoms with Gasteiger partial charge in [-0.05, 0) is 0 Å². The van der Waals surface area contributed by atoms with Gasteiger partial charge in [-0.15, -0.1) is 0 Å². The zero-order valence-corrected chi connectivity index (χ0v) is 8.00. The van der Waals surface area contributed by atoms with E-state index in [1.807, 2.05) is 0 Å². The minimum absolute atomic E-state index is 0.0440. The minimum atomic E-state index is -0.379. The van der Waals surface area contributed by atoms with Gasteiger partial charge in [-0.1, -0.05) is 13.8 Å². The van der Waals surface area contributed by atoms with Crippen molar-refractivity contribution in [1.29, 1.82) is 0 Å². The van der Waals surface area contributed by atoms with Gasteiger partial charge in [0.25, 0.3) is 5.91 Å². The molecule has 0 aliphatic carbocycles. The Morgan fingerprint density at radius 3 is 2.31 bits per heavy atom. The molecule has 0 aromatic heterocycles. The molecule has 0 unspecified atom stereocenters. The highest BCUT2D eigenvalue weighted by atomic mass is 16.3. The number of aliphatic hydroxyl groups is 1. The van der Waals surface area contributed by atoms with E-state index in [9.17, 15) is 14.7 Å². The maximum atomic E-state index is 11.3. The lowest BCUT2D eigenvalue weighted by Crippen LogP contribution is -2.20. The zero-order valence-electron chi connectivity index (χ0n) is 8.00. The van der Waals surface area contributed by atoms with Crippen LogP contribution in [0.3, 0.4) is 0 Å². The predicted molar refractivity (Wildman–Crippen MR) is 47.1 cm³/mol. The first-order valence-corrected chi connectivity index (χ1v) is 4.17. The lowest BCUT2D eigenvalue weighted by Gasteiger charge is -2.06. The summed E-state index contributed by atoms with van der Waals surface area (Å²) in [5, 5.41) is 9.50. The maximum absolute atomic E-state index is 11.3. The summed E-state index contributed by atoms with van der Waals surface area (Å²) in [6.07, 6.45) is 0.